The van der Waals surface area contributed by atoms with E-state index in [-0.39, 0.29) is 11.8 Å². The van der Waals surface area contributed by atoms with Gasteiger partial charge < -0.3 is 20.6 Å². The minimum atomic E-state index is -0.593. The van der Waals surface area contributed by atoms with Gasteiger partial charge in [-0.1, -0.05) is 6.07 Å². The molecule has 0 aliphatic carbocycles. The molecule has 0 radical (unpaired) electrons. The number of rotatable bonds is 7. The monoisotopic (exact) mass is 299 g/mol. The molecule has 0 aliphatic heterocycles. The number of likely N-dealkylation sites (N-methyl/N-ethyl adjacent to an activating group) is 1. The lowest BCUT2D eigenvalue weighted by atomic mass is 10.1. The summed E-state index contributed by atoms with van der Waals surface area (Å²) in [5.74, 6) is 0.127. The normalized spacial score (nSPS) is 12.3. The second-order valence-corrected chi connectivity index (χ2v) is 5.31. The van der Waals surface area contributed by atoms with Gasteiger partial charge in [0, 0.05) is 17.9 Å². The summed E-state index contributed by atoms with van der Waals surface area (Å²) in [6, 6.07) is 5.67. The van der Waals surface area contributed by atoms with Crippen LogP contribution in [0, 0.1) is 6.92 Å². The Kier molecular flexibility index (Phi) is 6.78. The summed E-state index contributed by atoms with van der Waals surface area (Å²) in [6.45, 7) is 2.64. The van der Waals surface area contributed by atoms with Crippen LogP contribution in [0.4, 0.5) is 11.4 Å². The number of amides is 1. The van der Waals surface area contributed by atoms with Crippen molar-refractivity contribution in [2.45, 2.75) is 13.0 Å². The molecule has 1 atom stereocenters. The van der Waals surface area contributed by atoms with E-state index in [1.54, 1.807) is 0 Å². The quantitative estimate of drug-likeness (QED) is 0.668. The van der Waals surface area contributed by atoms with Crippen LogP contribution in [0.1, 0.15) is 5.56 Å². The summed E-state index contributed by atoms with van der Waals surface area (Å²) < 4.78 is 0. The molecule has 0 heterocycles. The maximum atomic E-state index is 11.8. The van der Waals surface area contributed by atoms with Crippen molar-refractivity contribution < 1.29 is 9.90 Å². The first-order valence-electron chi connectivity index (χ1n) is 6.45. The number of hydrogen-bond donors (Lipinski definition) is 3. The Balaban J connectivity index is 2.68. The van der Waals surface area contributed by atoms with Crippen molar-refractivity contribution in [3.8, 4) is 0 Å². The third kappa shape index (κ3) is 5.77. The van der Waals surface area contributed by atoms with Gasteiger partial charge in [-0.2, -0.15) is 0 Å². The first-order chi connectivity index (χ1) is 9.42. The largest absolute Gasteiger partial charge is 0.390 e. The number of benzene rings is 1. The lowest BCUT2D eigenvalue weighted by Gasteiger charge is -2.15. The molecule has 0 spiro atoms. The molecule has 6 heteroatoms. The lowest BCUT2D eigenvalue weighted by Crippen LogP contribution is -2.27. The molecule has 0 bridgehead atoms. The summed E-state index contributed by atoms with van der Waals surface area (Å²) in [6.07, 6.45) is -0.593. The van der Waals surface area contributed by atoms with Gasteiger partial charge in [-0.15, -0.1) is 11.6 Å². The number of carbonyl (C=O) groups excluding carboxylic acids is 1. The van der Waals surface area contributed by atoms with Gasteiger partial charge in [0.1, 0.15) is 0 Å². The van der Waals surface area contributed by atoms with E-state index in [9.17, 15) is 9.90 Å². The molecule has 20 heavy (non-hydrogen) atoms. The van der Waals surface area contributed by atoms with Crippen LogP contribution in [0.2, 0.25) is 0 Å². The molecule has 1 rings (SSSR count). The van der Waals surface area contributed by atoms with E-state index in [1.807, 2.05) is 44.1 Å². The van der Waals surface area contributed by atoms with E-state index in [0.29, 0.717) is 13.1 Å². The minimum absolute atomic E-state index is 0.0592. The van der Waals surface area contributed by atoms with Gasteiger partial charge in [-0.3, -0.25) is 4.79 Å². The van der Waals surface area contributed by atoms with Crippen molar-refractivity contribution in [3.05, 3.63) is 23.8 Å². The van der Waals surface area contributed by atoms with E-state index < -0.39 is 6.10 Å². The van der Waals surface area contributed by atoms with Crippen molar-refractivity contribution in [2.24, 2.45) is 0 Å². The number of aryl methyl sites for hydroxylation is 1. The molecular formula is C14H22ClN3O2. The van der Waals surface area contributed by atoms with Crippen LogP contribution in [0.5, 0.6) is 0 Å². The van der Waals surface area contributed by atoms with Gasteiger partial charge >= 0.3 is 0 Å². The molecule has 1 aromatic carbocycles. The van der Waals surface area contributed by atoms with Gasteiger partial charge in [-0.25, -0.2) is 0 Å². The maximum Gasteiger partial charge on any atom is 0.238 e. The van der Waals surface area contributed by atoms with Gasteiger partial charge in [-0.05, 0) is 38.7 Å². The molecule has 5 nitrogen and oxygen atoms in total. The first-order valence-corrected chi connectivity index (χ1v) is 6.99. The van der Waals surface area contributed by atoms with Crippen LogP contribution < -0.4 is 10.6 Å². The fraction of sp³-hybridized carbons (Fsp3) is 0.500. The molecule has 0 aliphatic rings. The Morgan fingerprint density at radius 3 is 2.75 bits per heavy atom. The number of aliphatic hydroxyl groups excluding tert-OH is 1. The van der Waals surface area contributed by atoms with Crippen molar-refractivity contribution in [1.82, 2.24) is 4.90 Å². The van der Waals surface area contributed by atoms with E-state index >= 15 is 0 Å². The van der Waals surface area contributed by atoms with Crippen LogP contribution in [0.15, 0.2) is 18.2 Å². The van der Waals surface area contributed by atoms with Crippen LogP contribution in [0.3, 0.4) is 0 Å². The molecule has 112 valence electrons. The number of aliphatic hydroxyl groups is 1. The topological polar surface area (TPSA) is 64.6 Å². The van der Waals surface area contributed by atoms with Gasteiger partial charge in [0.2, 0.25) is 5.91 Å². The second kappa shape index (κ2) is 8.09. The van der Waals surface area contributed by atoms with Crippen molar-refractivity contribution in [1.29, 1.82) is 0 Å². The van der Waals surface area contributed by atoms with Gasteiger partial charge in [0.15, 0.2) is 0 Å². The number of nitrogens with zero attached hydrogens (tertiary/aromatic N) is 1. The Bertz CT molecular complexity index is 452. The standard InChI is InChI=1S/C14H22ClN3O2/c1-10-4-5-11(16-8-12(19)7-15)6-13(10)17-14(20)9-18(2)3/h4-6,12,16,19H,7-9H2,1-3H3,(H,17,20). The van der Waals surface area contributed by atoms with Gasteiger partial charge in [0.05, 0.1) is 18.5 Å². The van der Waals surface area contributed by atoms with Crippen molar-refractivity contribution in [2.75, 3.05) is 43.7 Å². The van der Waals surface area contributed by atoms with Crippen molar-refractivity contribution >= 4 is 28.9 Å². The Labute approximate surface area is 124 Å². The third-order valence-electron chi connectivity index (χ3n) is 2.69. The zero-order chi connectivity index (χ0) is 15.1. The number of hydrogen-bond acceptors (Lipinski definition) is 4. The molecule has 1 amide bonds. The van der Waals surface area contributed by atoms with Crippen LogP contribution >= 0.6 is 11.6 Å². The number of carbonyl (C=O) groups is 1. The van der Waals surface area contributed by atoms with Crippen LogP contribution in [0.25, 0.3) is 0 Å². The zero-order valence-electron chi connectivity index (χ0n) is 12.1. The maximum absolute atomic E-state index is 11.8. The number of nitrogens with one attached hydrogen (secondary N) is 2. The average molecular weight is 300 g/mol. The minimum Gasteiger partial charge on any atom is -0.390 e. The highest BCUT2D eigenvalue weighted by atomic mass is 35.5. The predicted molar refractivity (Wildman–Crippen MR) is 83.6 cm³/mol. The zero-order valence-corrected chi connectivity index (χ0v) is 12.9. The molecule has 1 unspecified atom stereocenters. The molecule has 0 saturated carbocycles. The van der Waals surface area contributed by atoms with Gasteiger partial charge in [0.25, 0.3) is 0 Å². The Hall–Kier alpha value is -1.30. The fourth-order valence-corrected chi connectivity index (χ4v) is 1.74. The molecule has 0 fully saturated rings. The lowest BCUT2D eigenvalue weighted by molar-refractivity contribution is -0.116. The summed E-state index contributed by atoms with van der Waals surface area (Å²) in [7, 11) is 3.69. The molecule has 3 N–H and O–H groups in total. The van der Waals surface area contributed by atoms with E-state index in [0.717, 1.165) is 16.9 Å². The first kappa shape index (κ1) is 16.8. The summed E-state index contributed by atoms with van der Waals surface area (Å²) in [4.78, 5) is 13.6. The summed E-state index contributed by atoms with van der Waals surface area (Å²) in [5, 5.41) is 15.4. The highest BCUT2D eigenvalue weighted by Gasteiger charge is 2.07. The highest BCUT2D eigenvalue weighted by Crippen LogP contribution is 2.20. The predicted octanol–water partition coefficient (Wildman–Crippen LogP) is 1.51. The van der Waals surface area contributed by atoms with E-state index in [1.165, 1.54) is 0 Å². The summed E-state index contributed by atoms with van der Waals surface area (Å²) >= 11 is 5.54. The summed E-state index contributed by atoms with van der Waals surface area (Å²) in [5.41, 5.74) is 2.59. The Morgan fingerprint density at radius 1 is 1.45 bits per heavy atom. The number of anilines is 2. The molecule has 1 aromatic rings. The molecule has 0 saturated heterocycles. The molecular weight excluding hydrogens is 278 g/mol. The highest BCUT2D eigenvalue weighted by molar-refractivity contribution is 6.18. The second-order valence-electron chi connectivity index (χ2n) is 5.00. The van der Waals surface area contributed by atoms with Crippen molar-refractivity contribution in [3.63, 3.8) is 0 Å². The van der Waals surface area contributed by atoms with E-state index in [2.05, 4.69) is 10.6 Å². The number of alkyl halides is 1. The Morgan fingerprint density at radius 2 is 2.15 bits per heavy atom. The smallest absolute Gasteiger partial charge is 0.238 e. The van der Waals surface area contributed by atoms with E-state index in [4.69, 9.17) is 11.6 Å². The third-order valence-corrected chi connectivity index (χ3v) is 3.05. The average Bonchev–Trinajstić information content (AvgIpc) is 2.38. The van der Waals surface area contributed by atoms with Crippen LogP contribution in [-0.4, -0.2) is 55.1 Å². The number of halogens is 1. The SMILES string of the molecule is Cc1ccc(NCC(O)CCl)cc1NC(=O)CN(C)C. The fourth-order valence-electron chi connectivity index (χ4n) is 1.63. The van der Waals surface area contributed by atoms with Crippen LogP contribution in [-0.2, 0) is 4.79 Å². The molecule has 0 aromatic heterocycles.